The Balaban J connectivity index is 1.44. The highest BCUT2D eigenvalue weighted by Crippen LogP contribution is 2.30. The molecule has 1 aliphatic rings. The van der Waals surface area contributed by atoms with E-state index < -0.39 is 17.3 Å². The Kier molecular flexibility index (Phi) is 6.02. The normalized spacial score (nSPS) is 15.3. The van der Waals surface area contributed by atoms with Crippen molar-refractivity contribution in [1.29, 1.82) is 0 Å². The van der Waals surface area contributed by atoms with Gasteiger partial charge in [0.25, 0.3) is 5.56 Å². The third kappa shape index (κ3) is 4.75. The molecule has 3 aromatic rings. The Morgan fingerprint density at radius 3 is 2.35 bits per heavy atom. The fraction of sp³-hybridized carbons (Fsp3) is 0.273. The van der Waals surface area contributed by atoms with Crippen molar-refractivity contribution in [1.82, 2.24) is 14.7 Å². The number of rotatable bonds is 4. The molecule has 9 heteroatoms. The second-order valence-corrected chi connectivity index (χ2v) is 7.74. The topological polar surface area (TPSA) is 41.4 Å². The van der Waals surface area contributed by atoms with Crippen molar-refractivity contribution in [2.45, 2.75) is 12.7 Å². The van der Waals surface area contributed by atoms with Gasteiger partial charge in [-0.2, -0.15) is 23.0 Å². The lowest BCUT2D eigenvalue weighted by Gasteiger charge is -2.36. The molecule has 0 saturated carbocycles. The lowest BCUT2D eigenvalue weighted by atomic mass is 10.1. The summed E-state index contributed by atoms with van der Waals surface area (Å²) in [6, 6.07) is 14.4. The van der Waals surface area contributed by atoms with E-state index in [1.165, 1.54) is 16.8 Å². The predicted octanol–water partition coefficient (Wildman–Crippen LogP) is 4.23. The van der Waals surface area contributed by atoms with Gasteiger partial charge in [-0.1, -0.05) is 48.0 Å². The number of nitrogens with zero attached hydrogens (tertiary/aromatic N) is 4. The van der Waals surface area contributed by atoms with Crippen LogP contribution in [0.5, 0.6) is 0 Å². The summed E-state index contributed by atoms with van der Waals surface area (Å²) in [6.45, 7) is 2.88. The van der Waals surface area contributed by atoms with Crippen molar-refractivity contribution in [3.8, 4) is 5.69 Å². The molecule has 1 saturated heterocycles. The van der Waals surface area contributed by atoms with Crippen molar-refractivity contribution in [2.75, 3.05) is 31.1 Å². The van der Waals surface area contributed by atoms with Crippen molar-refractivity contribution in [3.05, 3.63) is 87.3 Å². The predicted molar refractivity (Wildman–Crippen MR) is 114 cm³/mol. The third-order valence-corrected chi connectivity index (χ3v) is 5.63. The zero-order valence-electron chi connectivity index (χ0n) is 16.5. The maximum Gasteiger partial charge on any atom is 0.416 e. The highest BCUT2D eigenvalue weighted by molar-refractivity contribution is 6.33. The van der Waals surface area contributed by atoms with Gasteiger partial charge in [0.1, 0.15) is 5.02 Å². The number of aromatic nitrogens is 2. The van der Waals surface area contributed by atoms with Crippen molar-refractivity contribution >= 4 is 17.3 Å². The molecular weight excluding hydrogens is 429 g/mol. The van der Waals surface area contributed by atoms with E-state index in [0.717, 1.165) is 6.07 Å². The van der Waals surface area contributed by atoms with Gasteiger partial charge in [-0.05, 0) is 23.8 Å². The van der Waals surface area contributed by atoms with Crippen LogP contribution < -0.4 is 10.5 Å². The van der Waals surface area contributed by atoms with Gasteiger partial charge >= 0.3 is 6.18 Å². The molecule has 1 aliphatic heterocycles. The minimum Gasteiger partial charge on any atom is -0.366 e. The van der Waals surface area contributed by atoms with E-state index in [1.54, 1.807) is 24.4 Å². The van der Waals surface area contributed by atoms with Crippen LogP contribution in [-0.4, -0.2) is 40.9 Å². The van der Waals surface area contributed by atoms with E-state index in [4.69, 9.17) is 11.6 Å². The van der Waals surface area contributed by atoms with E-state index >= 15 is 0 Å². The molecule has 0 radical (unpaired) electrons. The number of hydrogen-bond donors (Lipinski definition) is 0. The number of hydrogen-bond acceptors (Lipinski definition) is 4. The van der Waals surface area contributed by atoms with E-state index in [2.05, 4.69) is 10.00 Å². The molecule has 31 heavy (non-hydrogen) atoms. The molecule has 1 aromatic heterocycles. The zero-order chi connectivity index (χ0) is 22.0. The summed E-state index contributed by atoms with van der Waals surface area (Å²) < 4.78 is 40.0. The summed E-state index contributed by atoms with van der Waals surface area (Å²) >= 11 is 6.37. The molecule has 0 unspecified atom stereocenters. The number of benzene rings is 2. The summed E-state index contributed by atoms with van der Waals surface area (Å²) in [5, 5.41) is 4.36. The van der Waals surface area contributed by atoms with Gasteiger partial charge < -0.3 is 4.90 Å². The molecule has 0 spiro atoms. The summed E-state index contributed by atoms with van der Waals surface area (Å²) in [5.41, 5.74) is 0.787. The Morgan fingerprint density at radius 2 is 1.68 bits per heavy atom. The molecule has 2 aromatic carbocycles. The first-order chi connectivity index (χ1) is 14.8. The number of piperazine rings is 1. The Hall–Kier alpha value is -2.84. The standard InChI is InChI=1S/C22H20ClF3N4O/c23-20-19(14-27-30(21(20)31)18-7-2-1-3-8-18)29-11-9-28(10-12-29)15-16-5-4-6-17(13-16)22(24,25)26/h1-8,13-14H,9-12,15H2. The third-order valence-electron chi connectivity index (χ3n) is 5.27. The lowest BCUT2D eigenvalue weighted by Crippen LogP contribution is -2.46. The zero-order valence-corrected chi connectivity index (χ0v) is 17.3. The van der Waals surface area contributed by atoms with Gasteiger partial charge in [0.15, 0.2) is 0 Å². The highest BCUT2D eigenvalue weighted by atomic mass is 35.5. The largest absolute Gasteiger partial charge is 0.416 e. The quantitative estimate of drug-likeness (QED) is 0.599. The van der Waals surface area contributed by atoms with Crippen molar-refractivity contribution in [3.63, 3.8) is 0 Å². The molecule has 5 nitrogen and oxygen atoms in total. The molecule has 1 fully saturated rings. The fourth-order valence-electron chi connectivity index (χ4n) is 3.65. The maximum atomic E-state index is 12.9. The molecule has 0 N–H and O–H groups in total. The molecule has 0 aliphatic carbocycles. The second-order valence-electron chi connectivity index (χ2n) is 7.36. The smallest absolute Gasteiger partial charge is 0.366 e. The van der Waals surface area contributed by atoms with E-state index in [0.29, 0.717) is 49.7 Å². The van der Waals surface area contributed by atoms with E-state index in [1.807, 2.05) is 23.1 Å². The molecule has 2 heterocycles. The van der Waals surface area contributed by atoms with Gasteiger partial charge in [-0.15, -0.1) is 0 Å². The first kappa shape index (κ1) is 21.4. The monoisotopic (exact) mass is 448 g/mol. The van der Waals surface area contributed by atoms with Gasteiger partial charge in [-0.3, -0.25) is 9.69 Å². The van der Waals surface area contributed by atoms with Crippen LogP contribution in [0, 0.1) is 0 Å². The summed E-state index contributed by atoms with van der Waals surface area (Å²) in [7, 11) is 0. The van der Waals surface area contributed by atoms with Crippen LogP contribution in [0.1, 0.15) is 11.1 Å². The fourth-order valence-corrected chi connectivity index (χ4v) is 3.90. The summed E-state index contributed by atoms with van der Waals surface area (Å²) in [4.78, 5) is 16.8. The van der Waals surface area contributed by atoms with Gasteiger partial charge in [0, 0.05) is 32.7 Å². The van der Waals surface area contributed by atoms with Crippen molar-refractivity contribution in [2.24, 2.45) is 0 Å². The van der Waals surface area contributed by atoms with Crippen LogP contribution in [0.15, 0.2) is 65.6 Å². The van der Waals surface area contributed by atoms with E-state index in [9.17, 15) is 18.0 Å². The maximum absolute atomic E-state index is 12.9. The SMILES string of the molecule is O=c1c(Cl)c(N2CCN(Cc3cccc(C(F)(F)F)c3)CC2)cnn1-c1ccccc1. The summed E-state index contributed by atoms with van der Waals surface area (Å²) in [5.74, 6) is 0. The van der Waals surface area contributed by atoms with Crippen LogP contribution in [0.4, 0.5) is 18.9 Å². The molecule has 0 atom stereocenters. The number of anilines is 1. The van der Waals surface area contributed by atoms with Crippen LogP contribution >= 0.6 is 11.6 Å². The van der Waals surface area contributed by atoms with Crippen LogP contribution in [0.25, 0.3) is 5.69 Å². The minimum absolute atomic E-state index is 0.102. The van der Waals surface area contributed by atoms with Gasteiger partial charge in [0.2, 0.25) is 0 Å². The Bertz CT molecular complexity index is 1110. The Labute approximate surface area is 182 Å². The van der Waals surface area contributed by atoms with Gasteiger partial charge in [-0.25, -0.2) is 0 Å². The van der Waals surface area contributed by atoms with Crippen LogP contribution in [0.2, 0.25) is 5.02 Å². The van der Waals surface area contributed by atoms with E-state index in [-0.39, 0.29) is 5.02 Å². The second kappa shape index (κ2) is 8.72. The lowest BCUT2D eigenvalue weighted by molar-refractivity contribution is -0.137. The molecule has 4 rings (SSSR count). The van der Waals surface area contributed by atoms with Crippen LogP contribution in [0.3, 0.4) is 0 Å². The molecule has 162 valence electrons. The summed E-state index contributed by atoms with van der Waals surface area (Å²) in [6.07, 6.45) is -2.77. The number of para-hydroxylation sites is 1. The first-order valence-corrected chi connectivity index (χ1v) is 10.2. The first-order valence-electron chi connectivity index (χ1n) is 9.79. The highest BCUT2D eigenvalue weighted by Gasteiger charge is 2.30. The number of alkyl halides is 3. The average molecular weight is 449 g/mol. The average Bonchev–Trinajstić information content (AvgIpc) is 2.77. The van der Waals surface area contributed by atoms with Crippen molar-refractivity contribution < 1.29 is 13.2 Å². The van der Waals surface area contributed by atoms with Gasteiger partial charge in [0.05, 0.1) is 23.1 Å². The Morgan fingerprint density at radius 1 is 0.968 bits per heavy atom. The van der Waals surface area contributed by atoms with Crippen LogP contribution in [-0.2, 0) is 12.7 Å². The molecular formula is C22H20ClF3N4O. The number of halogens is 4. The molecule has 0 amide bonds. The molecule has 0 bridgehead atoms. The minimum atomic E-state index is -4.35.